The maximum atomic E-state index is 13.0. The van der Waals surface area contributed by atoms with Gasteiger partial charge in [0.25, 0.3) is 0 Å². The molecule has 32 heavy (non-hydrogen) atoms. The molecule has 2 aromatic heterocycles. The number of carbonyl (C=O) groups is 1. The Morgan fingerprint density at radius 1 is 1.03 bits per heavy atom. The number of fused-ring (bicyclic) bond motifs is 4. The quantitative estimate of drug-likeness (QED) is 0.285. The molecule has 0 saturated carbocycles. The molecule has 0 amide bonds. The smallest absolute Gasteiger partial charge is 0.179 e. The van der Waals surface area contributed by atoms with E-state index >= 15 is 0 Å². The second-order valence-electron chi connectivity index (χ2n) is 8.48. The molecule has 6 nitrogen and oxygen atoms in total. The first-order chi connectivity index (χ1) is 15.6. The highest BCUT2D eigenvalue weighted by atomic mass is 16.3. The minimum Gasteiger partial charge on any atom is -0.366 e. The molecular formula is C26H22N4O2. The number of rotatable bonds is 2. The molecule has 0 saturated heterocycles. The Kier molecular flexibility index (Phi) is 4.15. The standard InChI is InChI=1S/C26H22N4O2/c27-30(25-17-8-2-4-10-20(17)29-22-11-5-13-23(31)24(22)25)26(32)14-6-12-21-18(26)15-16-7-1-3-9-19(16)28-21/h1-5,7-11,15,32H,6,12-14,27H2. The summed E-state index contributed by atoms with van der Waals surface area (Å²) < 4.78 is 0. The van der Waals surface area contributed by atoms with Crippen molar-refractivity contribution in [2.45, 2.75) is 31.4 Å². The van der Waals surface area contributed by atoms with E-state index in [4.69, 9.17) is 10.8 Å². The van der Waals surface area contributed by atoms with Crippen molar-refractivity contribution in [1.82, 2.24) is 9.97 Å². The van der Waals surface area contributed by atoms with Crippen LogP contribution < -0.4 is 10.9 Å². The third-order valence-corrected chi connectivity index (χ3v) is 6.56. The zero-order valence-corrected chi connectivity index (χ0v) is 17.5. The van der Waals surface area contributed by atoms with Gasteiger partial charge < -0.3 is 5.11 Å². The van der Waals surface area contributed by atoms with Crippen molar-refractivity contribution in [1.29, 1.82) is 0 Å². The highest BCUT2D eigenvalue weighted by Gasteiger charge is 2.42. The third kappa shape index (κ3) is 2.70. The number of aromatic nitrogens is 2. The molecule has 4 aromatic rings. The van der Waals surface area contributed by atoms with Gasteiger partial charge in [-0.15, -0.1) is 0 Å². The molecule has 6 rings (SSSR count). The molecule has 0 aliphatic heterocycles. The van der Waals surface area contributed by atoms with Gasteiger partial charge in [0, 0.05) is 34.9 Å². The van der Waals surface area contributed by atoms with Crippen LogP contribution in [0.1, 0.15) is 46.6 Å². The van der Waals surface area contributed by atoms with Gasteiger partial charge in [-0.05, 0) is 37.1 Å². The predicted octanol–water partition coefficient (Wildman–Crippen LogP) is 4.24. The Bertz CT molecular complexity index is 1440. The first kappa shape index (κ1) is 19.1. The van der Waals surface area contributed by atoms with Crippen LogP contribution in [0.25, 0.3) is 27.9 Å². The number of Topliss-reactive ketones (excluding diaryl/α,β-unsaturated/α-hetero) is 1. The zero-order chi connectivity index (χ0) is 21.9. The van der Waals surface area contributed by atoms with Gasteiger partial charge in [-0.25, -0.2) is 10.8 Å². The second kappa shape index (κ2) is 6.95. The van der Waals surface area contributed by atoms with E-state index in [0.29, 0.717) is 28.9 Å². The Morgan fingerprint density at radius 2 is 1.81 bits per heavy atom. The number of nitrogens with zero attached hydrogens (tertiary/aromatic N) is 3. The Hall–Kier alpha value is -3.61. The first-order valence-corrected chi connectivity index (χ1v) is 10.9. The average Bonchev–Trinajstić information content (AvgIpc) is 2.81. The Morgan fingerprint density at radius 3 is 2.69 bits per heavy atom. The van der Waals surface area contributed by atoms with E-state index < -0.39 is 5.72 Å². The molecule has 6 heteroatoms. The second-order valence-corrected chi connectivity index (χ2v) is 8.48. The van der Waals surface area contributed by atoms with Crippen LogP contribution in [-0.4, -0.2) is 20.9 Å². The van der Waals surface area contributed by atoms with E-state index in [0.717, 1.165) is 40.3 Å². The lowest BCUT2D eigenvalue weighted by Gasteiger charge is -2.42. The molecule has 0 spiro atoms. The van der Waals surface area contributed by atoms with Crippen LogP contribution in [0.3, 0.4) is 0 Å². The number of allylic oxidation sites excluding steroid dienone is 1. The van der Waals surface area contributed by atoms with Crippen molar-refractivity contribution < 1.29 is 9.90 Å². The van der Waals surface area contributed by atoms with Crippen molar-refractivity contribution in [3.63, 3.8) is 0 Å². The SMILES string of the molecule is NN(c1c2c(nc3ccccc13)C=CCC2=O)C1(O)CCCc2nc3ccccc3cc21. The zero-order valence-electron chi connectivity index (χ0n) is 17.5. The number of ketones is 1. The molecule has 1 unspecified atom stereocenters. The molecule has 2 aliphatic carbocycles. The van der Waals surface area contributed by atoms with Gasteiger partial charge in [0.05, 0.1) is 28.0 Å². The molecule has 2 aliphatic rings. The maximum Gasteiger partial charge on any atom is 0.179 e. The number of hydrazine groups is 1. The normalized spacial score (nSPS) is 19.8. The number of aryl methyl sites for hydroxylation is 1. The van der Waals surface area contributed by atoms with E-state index in [2.05, 4.69) is 4.98 Å². The van der Waals surface area contributed by atoms with Crippen LogP contribution in [0.4, 0.5) is 5.69 Å². The number of nitrogens with two attached hydrogens (primary N) is 1. The van der Waals surface area contributed by atoms with Crippen molar-refractivity contribution in [3.8, 4) is 0 Å². The summed E-state index contributed by atoms with van der Waals surface area (Å²) >= 11 is 0. The van der Waals surface area contributed by atoms with Gasteiger partial charge in [-0.1, -0.05) is 42.5 Å². The Balaban J connectivity index is 1.62. The van der Waals surface area contributed by atoms with Crippen LogP contribution in [0.5, 0.6) is 0 Å². The van der Waals surface area contributed by atoms with Crippen LogP contribution in [-0.2, 0) is 12.1 Å². The number of hydrogen-bond donors (Lipinski definition) is 2. The lowest BCUT2D eigenvalue weighted by Crippen LogP contribution is -2.53. The van der Waals surface area contributed by atoms with Crippen LogP contribution in [0.15, 0.2) is 60.7 Å². The Labute approximate surface area is 185 Å². The topological polar surface area (TPSA) is 92.3 Å². The van der Waals surface area contributed by atoms with Gasteiger partial charge in [-0.2, -0.15) is 0 Å². The van der Waals surface area contributed by atoms with E-state index in [9.17, 15) is 9.90 Å². The number of para-hydroxylation sites is 2. The monoisotopic (exact) mass is 422 g/mol. The average molecular weight is 422 g/mol. The van der Waals surface area contributed by atoms with Gasteiger partial charge in [0.2, 0.25) is 0 Å². The molecule has 0 bridgehead atoms. The molecule has 2 aromatic carbocycles. The van der Waals surface area contributed by atoms with Gasteiger partial charge in [-0.3, -0.25) is 14.8 Å². The van der Waals surface area contributed by atoms with Crippen molar-refractivity contribution in [3.05, 3.63) is 83.2 Å². The van der Waals surface area contributed by atoms with Crippen molar-refractivity contribution in [2.75, 3.05) is 5.01 Å². The number of pyridine rings is 2. The largest absolute Gasteiger partial charge is 0.366 e. The summed E-state index contributed by atoms with van der Waals surface area (Å²) in [6.45, 7) is 0. The fraction of sp³-hybridized carbons (Fsp3) is 0.192. The van der Waals surface area contributed by atoms with Crippen molar-refractivity contribution in [2.24, 2.45) is 5.84 Å². The summed E-state index contributed by atoms with van der Waals surface area (Å²) in [4.78, 5) is 22.5. The predicted molar refractivity (Wildman–Crippen MR) is 125 cm³/mol. The molecule has 3 N–H and O–H groups in total. The van der Waals surface area contributed by atoms with Crippen LogP contribution >= 0.6 is 0 Å². The number of anilines is 1. The van der Waals surface area contributed by atoms with Gasteiger partial charge in [0.1, 0.15) is 0 Å². The molecule has 1 atom stereocenters. The van der Waals surface area contributed by atoms with E-state index in [1.54, 1.807) is 0 Å². The highest BCUT2D eigenvalue weighted by molar-refractivity contribution is 6.12. The molecule has 2 heterocycles. The number of benzene rings is 2. The first-order valence-electron chi connectivity index (χ1n) is 10.9. The summed E-state index contributed by atoms with van der Waals surface area (Å²) in [6, 6.07) is 17.4. The molecule has 158 valence electrons. The summed E-state index contributed by atoms with van der Waals surface area (Å²) in [6.07, 6.45) is 5.90. The summed E-state index contributed by atoms with van der Waals surface area (Å²) in [5.41, 5.74) is 3.22. The maximum absolute atomic E-state index is 13.0. The summed E-state index contributed by atoms with van der Waals surface area (Å²) in [5, 5.41) is 15.1. The number of aliphatic hydroxyl groups is 1. The molecule has 0 radical (unpaired) electrons. The van der Waals surface area contributed by atoms with E-state index in [-0.39, 0.29) is 12.2 Å². The van der Waals surface area contributed by atoms with E-state index in [1.165, 1.54) is 5.01 Å². The van der Waals surface area contributed by atoms with E-state index in [1.807, 2.05) is 66.7 Å². The fourth-order valence-electron chi connectivity index (χ4n) is 5.00. The lowest BCUT2D eigenvalue weighted by molar-refractivity contribution is 0.0142. The highest BCUT2D eigenvalue weighted by Crippen LogP contribution is 2.43. The van der Waals surface area contributed by atoms with Gasteiger partial charge in [0.15, 0.2) is 11.5 Å². The van der Waals surface area contributed by atoms with Crippen LogP contribution in [0, 0.1) is 0 Å². The third-order valence-electron chi connectivity index (χ3n) is 6.56. The summed E-state index contributed by atoms with van der Waals surface area (Å²) in [5.74, 6) is 6.71. The molecule has 0 fully saturated rings. The molecular weight excluding hydrogens is 400 g/mol. The van der Waals surface area contributed by atoms with Crippen LogP contribution in [0.2, 0.25) is 0 Å². The number of hydrogen-bond acceptors (Lipinski definition) is 6. The fourth-order valence-corrected chi connectivity index (χ4v) is 5.00. The number of carbonyl (C=O) groups excluding carboxylic acids is 1. The van der Waals surface area contributed by atoms with Crippen molar-refractivity contribution >= 4 is 39.4 Å². The minimum atomic E-state index is -1.50. The minimum absolute atomic E-state index is 0.0533. The summed E-state index contributed by atoms with van der Waals surface area (Å²) in [7, 11) is 0. The lowest BCUT2D eigenvalue weighted by atomic mass is 9.85. The van der Waals surface area contributed by atoms with Gasteiger partial charge >= 0.3 is 0 Å².